The number of hydrogen-bond acceptors (Lipinski definition) is 4. The molecule has 126 valence electrons. The quantitative estimate of drug-likeness (QED) is 0.765. The van der Waals surface area contributed by atoms with Gasteiger partial charge in [0.1, 0.15) is 6.61 Å². The van der Waals surface area contributed by atoms with E-state index in [1.807, 2.05) is 37.3 Å². The number of rotatable bonds is 7. The second-order valence-electron chi connectivity index (χ2n) is 5.43. The van der Waals surface area contributed by atoms with Crippen molar-refractivity contribution >= 4 is 11.8 Å². The van der Waals surface area contributed by atoms with Gasteiger partial charge in [0.05, 0.1) is 6.04 Å². The Morgan fingerprint density at radius 2 is 2.13 bits per heavy atom. The van der Waals surface area contributed by atoms with E-state index in [-0.39, 0.29) is 18.4 Å². The van der Waals surface area contributed by atoms with Crippen molar-refractivity contribution in [1.29, 1.82) is 0 Å². The zero-order valence-corrected chi connectivity index (χ0v) is 13.7. The number of nitrogens with one attached hydrogen (secondary N) is 1. The van der Waals surface area contributed by atoms with E-state index < -0.39 is 12.1 Å². The van der Waals surface area contributed by atoms with Crippen LogP contribution in [0.2, 0.25) is 0 Å². The van der Waals surface area contributed by atoms with Crippen molar-refractivity contribution in [2.75, 3.05) is 33.4 Å². The first-order chi connectivity index (χ1) is 11.1. The van der Waals surface area contributed by atoms with E-state index >= 15 is 0 Å². The van der Waals surface area contributed by atoms with Crippen LogP contribution >= 0.6 is 0 Å². The Balaban J connectivity index is 2.02. The van der Waals surface area contributed by atoms with Crippen LogP contribution in [0.25, 0.3) is 0 Å². The van der Waals surface area contributed by atoms with Gasteiger partial charge in [-0.15, -0.1) is 0 Å². The fourth-order valence-electron chi connectivity index (χ4n) is 2.61. The molecular weight excluding hydrogens is 296 g/mol. The van der Waals surface area contributed by atoms with E-state index in [1.54, 1.807) is 11.9 Å². The lowest BCUT2D eigenvalue weighted by molar-refractivity contribution is -0.162. The maximum absolute atomic E-state index is 12.5. The molecule has 23 heavy (non-hydrogen) atoms. The van der Waals surface area contributed by atoms with Gasteiger partial charge in [0.15, 0.2) is 6.10 Å². The minimum atomic E-state index is -0.702. The van der Waals surface area contributed by atoms with Gasteiger partial charge in [0.2, 0.25) is 5.91 Å². The summed E-state index contributed by atoms with van der Waals surface area (Å²) in [5.41, 5.74) is 0.887. The van der Waals surface area contributed by atoms with Crippen LogP contribution in [0.15, 0.2) is 30.3 Å². The van der Waals surface area contributed by atoms with E-state index in [2.05, 4.69) is 5.32 Å². The third-order valence-corrected chi connectivity index (χ3v) is 3.85. The highest BCUT2D eigenvalue weighted by Crippen LogP contribution is 2.28. The predicted molar refractivity (Wildman–Crippen MR) is 85.8 cm³/mol. The lowest BCUT2D eigenvalue weighted by Crippen LogP contribution is -2.53. The van der Waals surface area contributed by atoms with Crippen LogP contribution in [0.5, 0.6) is 0 Å². The first kappa shape index (κ1) is 17.4. The van der Waals surface area contributed by atoms with Gasteiger partial charge in [-0.2, -0.15) is 0 Å². The molecule has 2 rings (SSSR count). The molecule has 6 heteroatoms. The molecule has 1 heterocycles. The molecule has 1 fully saturated rings. The fraction of sp³-hybridized carbons (Fsp3) is 0.529. The summed E-state index contributed by atoms with van der Waals surface area (Å²) in [6.07, 6.45) is 0.0454. The second kappa shape index (κ2) is 8.64. The first-order valence-electron chi connectivity index (χ1n) is 7.92. The Kier molecular flexibility index (Phi) is 6.55. The predicted octanol–water partition coefficient (Wildman–Crippen LogP) is 1.13. The largest absolute Gasteiger partial charge is 0.382 e. The maximum atomic E-state index is 12.5. The van der Waals surface area contributed by atoms with Crippen molar-refractivity contribution in [3.8, 4) is 0 Å². The van der Waals surface area contributed by atoms with E-state index in [4.69, 9.17) is 9.47 Å². The third-order valence-electron chi connectivity index (χ3n) is 3.85. The topological polar surface area (TPSA) is 67.9 Å². The van der Waals surface area contributed by atoms with Crippen LogP contribution in [-0.4, -0.2) is 56.2 Å². The molecule has 1 aliphatic heterocycles. The lowest BCUT2D eigenvalue weighted by atomic mass is 9.97. The first-order valence-corrected chi connectivity index (χ1v) is 7.92. The van der Waals surface area contributed by atoms with Crippen molar-refractivity contribution in [2.45, 2.75) is 25.5 Å². The molecule has 6 nitrogen and oxygen atoms in total. The van der Waals surface area contributed by atoms with E-state index in [0.29, 0.717) is 19.8 Å². The van der Waals surface area contributed by atoms with Crippen LogP contribution in [0, 0.1) is 0 Å². The zero-order valence-electron chi connectivity index (χ0n) is 13.7. The summed E-state index contributed by atoms with van der Waals surface area (Å²) in [4.78, 5) is 26.0. The fourth-order valence-corrected chi connectivity index (χ4v) is 2.61. The number of carbonyl (C=O) groups is 2. The highest BCUT2D eigenvalue weighted by atomic mass is 16.5. The lowest BCUT2D eigenvalue weighted by Gasteiger charge is -2.38. The SMILES string of the molecule is CCOCCCNC(=O)[C@@H]1OCC(=O)N(C)[C@@H]1c1ccccc1. The molecule has 0 aromatic heterocycles. The van der Waals surface area contributed by atoms with Crippen molar-refractivity contribution in [3.63, 3.8) is 0 Å². The van der Waals surface area contributed by atoms with Gasteiger partial charge in [0, 0.05) is 26.8 Å². The summed E-state index contributed by atoms with van der Waals surface area (Å²) in [7, 11) is 1.71. The molecule has 1 saturated heterocycles. The van der Waals surface area contributed by atoms with Crippen molar-refractivity contribution in [1.82, 2.24) is 10.2 Å². The van der Waals surface area contributed by atoms with Crippen LogP contribution in [0.1, 0.15) is 24.9 Å². The number of carbonyl (C=O) groups excluding carboxylic acids is 2. The molecule has 0 spiro atoms. The molecule has 1 aromatic rings. The van der Waals surface area contributed by atoms with Gasteiger partial charge in [-0.3, -0.25) is 9.59 Å². The number of likely N-dealkylation sites (N-methyl/N-ethyl adjacent to an activating group) is 1. The summed E-state index contributed by atoms with van der Waals surface area (Å²) in [5, 5.41) is 2.86. The average molecular weight is 320 g/mol. The maximum Gasteiger partial charge on any atom is 0.251 e. The van der Waals surface area contributed by atoms with E-state index in [1.165, 1.54) is 0 Å². The minimum absolute atomic E-state index is 0.0726. The van der Waals surface area contributed by atoms with Gasteiger partial charge >= 0.3 is 0 Å². The van der Waals surface area contributed by atoms with E-state index in [9.17, 15) is 9.59 Å². The zero-order chi connectivity index (χ0) is 16.7. The van der Waals surface area contributed by atoms with Crippen LogP contribution in [0.3, 0.4) is 0 Å². The van der Waals surface area contributed by atoms with Gasteiger partial charge in [-0.05, 0) is 18.9 Å². The van der Waals surface area contributed by atoms with Gasteiger partial charge < -0.3 is 19.7 Å². The molecule has 0 unspecified atom stereocenters. The Bertz CT molecular complexity index is 521. The van der Waals surface area contributed by atoms with Crippen molar-refractivity contribution in [3.05, 3.63) is 35.9 Å². The molecule has 0 radical (unpaired) electrons. The smallest absolute Gasteiger partial charge is 0.251 e. The highest BCUT2D eigenvalue weighted by Gasteiger charge is 2.39. The molecule has 0 aliphatic carbocycles. The third kappa shape index (κ3) is 4.53. The average Bonchev–Trinajstić information content (AvgIpc) is 2.57. The van der Waals surface area contributed by atoms with Crippen LogP contribution < -0.4 is 5.32 Å². The number of morpholine rings is 1. The van der Waals surface area contributed by atoms with Gasteiger partial charge in [0.25, 0.3) is 5.91 Å². The summed E-state index contributed by atoms with van der Waals surface area (Å²) < 4.78 is 10.8. The van der Waals surface area contributed by atoms with Gasteiger partial charge in [-0.25, -0.2) is 0 Å². The Morgan fingerprint density at radius 1 is 1.39 bits per heavy atom. The van der Waals surface area contributed by atoms with E-state index in [0.717, 1.165) is 12.0 Å². The summed E-state index contributed by atoms with van der Waals surface area (Å²) in [6.45, 7) is 3.67. The summed E-state index contributed by atoms with van der Waals surface area (Å²) in [6, 6.07) is 9.07. The number of benzene rings is 1. The number of amides is 2. The molecule has 1 N–H and O–H groups in total. The molecule has 1 aliphatic rings. The van der Waals surface area contributed by atoms with Crippen molar-refractivity contribution < 1.29 is 19.1 Å². The van der Waals surface area contributed by atoms with Gasteiger partial charge in [-0.1, -0.05) is 30.3 Å². The minimum Gasteiger partial charge on any atom is -0.382 e. The number of ether oxygens (including phenoxy) is 2. The van der Waals surface area contributed by atoms with Crippen LogP contribution in [-0.2, 0) is 19.1 Å². The summed E-state index contributed by atoms with van der Waals surface area (Å²) in [5.74, 6) is -0.325. The van der Waals surface area contributed by atoms with Crippen LogP contribution in [0.4, 0.5) is 0 Å². The molecule has 0 bridgehead atoms. The number of nitrogens with zero attached hydrogens (tertiary/aromatic N) is 1. The van der Waals surface area contributed by atoms with Crippen molar-refractivity contribution in [2.24, 2.45) is 0 Å². The Labute approximate surface area is 136 Å². The summed E-state index contributed by atoms with van der Waals surface area (Å²) >= 11 is 0. The molecule has 2 atom stereocenters. The molecule has 0 saturated carbocycles. The normalized spacial score (nSPS) is 21.3. The Hall–Kier alpha value is -1.92. The Morgan fingerprint density at radius 3 is 2.83 bits per heavy atom. The second-order valence-corrected chi connectivity index (χ2v) is 5.43. The highest BCUT2D eigenvalue weighted by molar-refractivity contribution is 5.86. The molecular formula is C17H24N2O4. The monoisotopic (exact) mass is 320 g/mol. The standard InChI is InChI=1S/C17H24N2O4/c1-3-22-11-7-10-18-17(21)16-15(13-8-5-4-6-9-13)19(2)14(20)12-23-16/h4-6,8-9,15-16H,3,7,10-12H2,1-2H3,(H,18,21)/t15-,16-/m1/s1. The molecule has 1 aromatic carbocycles. The number of hydrogen-bond donors (Lipinski definition) is 1. The molecule has 2 amide bonds.